The molecule has 0 saturated carbocycles. The molecule has 1 unspecified atom stereocenters. The summed E-state index contributed by atoms with van der Waals surface area (Å²) in [6, 6.07) is 6.43. The molecule has 19 heavy (non-hydrogen) atoms. The van der Waals surface area contributed by atoms with Gasteiger partial charge in [0.25, 0.3) is 5.91 Å². The van der Waals surface area contributed by atoms with Gasteiger partial charge in [-0.1, -0.05) is 19.1 Å². The molecule has 3 nitrogen and oxygen atoms in total. The predicted octanol–water partition coefficient (Wildman–Crippen LogP) is 2.52. The van der Waals surface area contributed by atoms with E-state index in [1.165, 1.54) is 12.0 Å². The maximum Gasteiger partial charge on any atom is 0.254 e. The standard InChI is InChI=1S/C16H24N2O/c1-4-17-14-8-6-10-18(11-14)16(19)15-9-5-7-12(2)13(15)3/h5,7,9,14,17H,4,6,8,10-11H2,1-3H3. The molecule has 1 heterocycles. The van der Waals surface area contributed by atoms with Crippen molar-refractivity contribution < 1.29 is 4.79 Å². The van der Waals surface area contributed by atoms with E-state index in [2.05, 4.69) is 25.2 Å². The van der Waals surface area contributed by atoms with Crippen molar-refractivity contribution in [2.45, 2.75) is 39.7 Å². The van der Waals surface area contributed by atoms with E-state index in [1.807, 2.05) is 24.0 Å². The fourth-order valence-corrected chi connectivity index (χ4v) is 2.77. The van der Waals surface area contributed by atoms with Crippen molar-refractivity contribution >= 4 is 5.91 Å². The molecule has 2 rings (SSSR count). The molecular weight excluding hydrogens is 236 g/mol. The Morgan fingerprint density at radius 1 is 1.42 bits per heavy atom. The summed E-state index contributed by atoms with van der Waals surface area (Å²) in [6.07, 6.45) is 2.26. The van der Waals surface area contributed by atoms with Gasteiger partial charge in [-0.05, 0) is 50.4 Å². The third-order valence-electron chi connectivity index (χ3n) is 4.04. The summed E-state index contributed by atoms with van der Waals surface area (Å²) in [7, 11) is 0. The van der Waals surface area contributed by atoms with E-state index in [9.17, 15) is 4.79 Å². The molecule has 0 aromatic heterocycles. The number of piperidine rings is 1. The van der Waals surface area contributed by atoms with Crippen LogP contribution in [0, 0.1) is 13.8 Å². The van der Waals surface area contributed by atoms with Gasteiger partial charge in [-0.25, -0.2) is 0 Å². The number of hydrogen-bond donors (Lipinski definition) is 1. The van der Waals surface area contributed by atoms with Gasteiger partial charge in [-0.2, -0.15) is 0 Å². The Morgan fingerprint density at radius 2 is 2.21 bits per heavy atom. The van der Waals surface area contributed by atoms with Crippen LogP contribution < -0.4 is 5.32 Å². The Hall–Kier alpha value is -1.35. The van der Waals surface area contributed by atoms with Crippen molar-refractivity contribution in [3.8, 4) is 0 Å². The third-order valence-corrected chi connectivity index (χ3v) is 4.04. The van der Waals surface area contributed by atoms with Crippen LogP contribution in [0.5, 0.6) is 0 Å². The van der Waals surface area contributed by atoms with Gasteiger partial charge in [0.05, 0.1) is 0 Å². The summed E-state index contributed by atoms with van der Waals surface area (Å²) >= 11 is 0. The highest BCUT2D eigenvalue weighted by Crippen LogP contribution is 2.18. The van der Waals surface area contributed by atoms with E-state index in [0.717, 1.165) is 37.2 Å². The topological polar surface area (TPSA) is 32.3 Å². The summed E-state index contributed by atoms with van der Waals surface area (Å²) in [5.74, 6) is 0.184. The number of likely N-dealkylation sites (tertiary alicyclic amines) is 1. The number of aryl methyl sites for hydroxylation is 1. The zero-order chi connectivity index (χ0) is 13.8. The lowest BCUT2D eigenvalue weighted by Crippen LogP contribution is -2.48. The van der Waals surface area contributed by atoms with Gasteiger partial charge in [0.2, 0.25) is 0 Å². The van der Waals surface area contributed by atoms with Crippen molar-refractivity contribution in [1.82, 2.24) is 10.2 Å². The molecule has 0 spiro atoms. The molecule has 0 aliphatic carbocycles. The second-order valence-corrected chi connectivity index (χ2v) is 5.40. The average Bonchev–Trinajstić information content (AvgIpc) is 2.42. The van der Waals surface area contributed by atoms with Crippen molar-refractivity contribution in [1.29, 1.82) is 0 Å². The highest BCUT2D eigenvalue weighted by atomic mass is 16.2. The zero-order valence-electron chi connectivity index (χ0n) is 12.2. The second-order valence-electron chi connectivity index (χ2n) is 5.40. The molecule has 1 N–H and O–H groups in total. The Labute approximate surface area is 116 Å². The first-order chi connectivity index (χ1) is 9.13. The Bertz CT molecular complexity index is 454. The smallest absolute Gasteiger partial charge is 0.254 e. The SMILES string of the molecule is CCNC1CCCN(C(=O)c2cccc(C)c2C)C1. The third kappa shape index (κ3) is 3.16. The summed E-state index contributed by atoms with van der Waals surface area (Å²) in [5.41, 5.74) is 3.15. The minimum atomic E-state index is 0.184. The molecule has 1 saturated heterocycles. The number of carbonyl (C=O) groups excluding carboxylic acids is 1. The molecule has 104 valence electrons. The van der Waals surface area contributed by atoms with E-state index < -0.39 is 0 Å². The van der Waals surface area contributed by atoms with E-state index in [4.69, 9.17) is 0 Å². The minimum absolute atomic E-state index is 0.184. The molecule has 1 aliphatic rings. The van der Waals surface area contributed by atoms with Crippen LogP contribution in [0.2, 0.25) is 0 Å². The lowest BCUT2D eigenvalue weighted by Gasteiger charge is -2.33. The monoisotopic (exact) mass is 260 g/mol. The van der Waals surface area contributed by atoms with Gasteiger partial charge in [0, 0.05) is 24.7 Å². The molecule has 1 fully saturated rings. The van der Waals surface area contributed by atoms with Crippen LogP contribution in [-0.4, -0.2) is 36.5 Å². The first-order valence-corrected chi connectivity index (χ1v) is 7.22. The van der Waals surface area contributed by atoms with E-state index in [1.54, 1.807) is 0 Å². The number of amides is 1. The molecule has 3 heteroatoms. The number of benzene rings is 1. The van der Waals surface area contributed by atoms with Crippen LogP contribution >= 0.6 is 0 Å². The van der Waals surface area contributed by atoms with Gasteiger partial charge in [-0.3, -0.25) is 4.79 Å². The fraction of sp³-hybridized carbons (Fsp3) is 0.562. The number of likely N-dealkylation sites (N-methyl/N-ethyl adjacent to an activating group) is 1. The van der Waals surface area contributed by atoms with Crippen molar-refractivity contribution in [2.75, 3.05) is 19.6 Å². The zero-order valence-corrected chi connectivity index (χ0v) is 12.2. The van der Waals surface area contributed by atoms with Gasteiger partial charge in [0.15, 0.2) is 0 Å². The van der Waals surface area contributed by atoms with Crippen LogP contribution in [0.1, 0.15) is 41.3 Å². The predicted molar refractivity (Wildman–Crippen MR) is 78.5 cm³/mol. The van der Waals surface area contributed by atoms with Gasteiger partial charge < -0.3 is 10.2 Å². The molecule has 1 aromatic rings. The van der Waals surface area contributed by atoms with Gasteiger partial charge >= 0.3 is 0 Å². The number of carbonyl (C=O) groups is 1. The van der Waals surface area contributed by atoms with E-state index >= 15 is 0 Å². The van der Waals surface area contributed by atoms with Crippen molar-refractivity contribution in [3.05, 3.63) is 34.9 Å². The first kappa shape index (κ1) is 14.1. The maximum atomic E-state index is 12.6. The normalized spacial score (nSPS) is 19.5. The van der Waals surface area contributed by atoms with E-state index in [-0.39, 0.29) is 5.91 Å². The number of rotatable bonds is 3. The molecule has 1 aromatic carbocycles. The highest BCUT2D eigenvalue weighted by Gasteiger charge is 2.24. The average molecular weight is 260 g/mol. The number of nitrogens with zero attached hydrogens (tertiary/aromatic N) is 1. The Kier molecular flexibility index (Phi) is 4.59. The summed E-state index contributed by atoms with van der Waals surface area (Å²) in [6.45, 7) is 8.90. The van der Waals surface area contributed by atoms with Crippen molar-refractivity contribution in [2.24, 2.45) is 0 Å². The number of hydrogen-bond acceptors (Lipinski definition) is 2. The molecular formula is C16H24N2O. The first-order valence-electron chi connectivity index (χ1n) is 7.22. The summed E-state index contributed by atoms with van der Waals surface area (Å²) in [5, 5.41) is 3.45. The van der Waals surface area contributed by atoms with Crippen LogP contribution in [0.25, 0.3) is 0 Å². The largest absolute Gasteiger partial charge is 0.337 e. The highest BCUT2D eigenvalue weighted by molar-refractivity contribution is 5.96. The van der Waals surface area contributed by atoms with Crippen LogP contribution in [0.4, 0.5) is 0 Å². The molecule has 1 amide bonds. The summed E-state index contributed by atoms with van der Waals surface area (Å²) in [4.78, 5) is 14.6. The fourth-order valence-electron chi connectivity index (χ4n) is 2.77. The van der Waals surface area contributed by atoms with Crippen LogP contribution in [0.15, 0.2) is 18.2 Å². The maximum absolute atomic E-state index is 12.6. The van der Waals surface area contributed by atoms with Gasteiger partial charge in [0.1, 0.15) is 0 Å². The van der Waals surface area contributed by atoms with Crippen LogP contribution in [-0.2, 0) is 0 Å². The number of nitrogens with one attached hydrogen (secondary N) is 1. The Morgan fingerprint density at radius 3 is 2.95 bits per heavy atom. The molecule has 0 bridgehead atoms. The molecule has 1 atom stereocenters. The molecule has 0 radical (unpaired) electrons. The van der Waals surface area contributed by atoms with Crippen LogP contribution in [0.3, 0.4) is 0 Å². The van der Waals surface area contributed by atoms with E-state index in [0.29, 0.717) is 6.04 Å². The minimum Gasteiger partial charge on any atom is -0.337 e. The Balaban J connectivity index is 2.12. The lowest BCUT2D eigenvalue weighted by molar-refractivity contribution is 0.0695. The molecule has 1 aliphatic heterocycles. The van der Waals surface area contributed by atoms with Crippen molar-refractivity contribution in [3.63, 3.8) is 0 Å². The quantitative estimate of drug-likeness (QED) is 0.905. The second kappa shape index (κ2) is 6.20. The lowest BCUT2D eigenvalue weighted by atomic mass is 10.00. The van der Waals surface area contributed by atoms with Gasteiger partial charge in [-0.15, -0.1) is 0 Å². The summed E-state index contributed by atoms with van der Waals surface area (Å²) < 4.78 is 0.